The van der Waals surface area contributed by atoms with Crippen LogP contribution in [-0.4, -0.2) is 16.1 Å². The molecule has 1 aliphatic rings. The molecule has 102 valence electrons. The van der Waals surface area contributed by atoms with Crippen LogP contribution in [0.25, 0.3) is 0 Å². The van der Waals surface area contributed by atoms with Crippen LogP contribution in [0.3, 0.4) is 0 Å². The molecular weight excluding hydrogens is 242 g/mol. The van der Waals surface area contributed by atoms with Crippen LogP contribution in [0.15, 0.2) is 6.20 Å². The molecule has 1 aromatic heterocycles. The largest absolute Gasteiger partial charge is 0.309 e. The summed E-state index contributed by atoms with van der Waals surface area (Å²) in [6, 6.07) is 0.468. The third-order valence-corrected chi connectivity index (χ3v) is 4.73. The predicted molar refractivity (Wildman–Crippen MR) is 76.6 cm³/mol. The van der Waals surface area contributed by atoms with E-state index < -0.39 is 0 Å². The Kier molecular flexibility index (Phi) is 5.13. The molecule has 0 aliphatic heterocycles. The number of hydrogen-bond acceptors (Lipinski definition) is 4. The molecule has 18 heavy (non-hydrogen) atoms. The molecule has 0 radical (unpaired) electrons. The van der Waals surface area contributed by atoms with E-state index in [0.717, 1.165) is 24.3 Å². The van der Waals surface area contributed by atoms with Gasteiger partial charge in [0.2, 0.25) is 0 Å². The summed E-state index contributed by atoms with van der Waals surface area (Å²) in [6.45, 7) is 8.10. The molecule has 0 spiro atoms. The van der Waals surface area contributed by atoms with Crippen LogP contribution in [0.5, 0.6) is 0 Å². The Hall–Kier alpha value is -0.480. The second-order valence-electron chi connectivity index (χ2n) is 5.93. The van der Waals surface area contributed by atoms with Crippen molar-refractivity contribution in [1.82, 2.24) is 14.9 Å². The molecule has 3 unspecified atom stereocenters. The summed E-state index contributed by atoms with van der Waals surface area (Å²) in [4.78, 5) is 1.31. The van der Waals surface area contributed by atoms with Crippen molar-refractivity contribution in [2.45, 2.75) is 52.5 Å². The summed E-state index contributed by atoms with van der Waals surface area (Å²) in [5.41, 5.74) is 0. The zero-order valence-corrected chi connectivity index (χ0v) is 12.5. The van der Waals surface area contributed by atoms with E-state index in [1.165, 1.54) is 30.6 Å². The Bertz CT molecular complexity index is 329. The molecule has 0 saturated heterocycles. The highest BCUT2D eigenvalue weighted by Crippen LogP contribution is 2.40. The quantitative estimate of drug-likeness (QED) is 0.885. The molecule has 0 aromatic carbocycles. The summed E-state index contributed by atoms with van der Waals surface area (Å²) in [6.07, 6.45) is 7.19. The molecule has 0 bridgehead atoms. The number of nitrogens with zero attached hydrogens (tertiary/aromatic N) is 2. The van der Waals surface area contributed by atoms with E-state index in [-0.39, 0.29) is 0 Å². The minimum absolute atomic E-state index is 0.468. The van der Waals surface area contributed by atoms with Crippen LogP contribution in [0.4, 0.5) is 0 Å². The third-order valence-electron chi connectivity index (χ3n) is 3.99. The Morgan fingerprint density at radius 1 is 1.33 bits per heavy atom. The summed E-state index contributed by atoms with van der Waals surface area (Å²) >= 11 is 1.55. The van der Waals surface area contributed by atoms with Crippen molar-refractivity contribution in [3.05, 3.63) is 11.1 Å². The van der Waals surface area contributed by atoms with E-state index in [1.54, 1.807) is 11.5 Å². The van der Waals surface area contributed by atoms with E-state index >= 15 is 0 Å². The first-order chi connectivity index (χ1) is 8.70. The monoisotopic (exact) mass is 267 g/mol. The highest BCUT2D eigenvalue weighted by atomic mass is 32.1. The van der Waals surface area contributed by atoms with Gasteiger partial charge in [0.05, 0.1) is 11.1 Å². The highest BCUT2D eigenvalue weighted by Gasteiger charge is 2.31. The standard InChI is InChI=1S/C14H25N3S/c1-4-5-15-14(13-9-16-17-18-13)12-7-10(2)6-11(3)8-12/h9-12,14-15H,4-8H2,1-3H3. The second kappa shape index (κ2) is 6.62. The van der Waals surface area contributed by atoms with Crippen molar-refractivity contribution < 1.29 is 0 Å². The maximum atomic E-state index is 4.04. The molecular formula is C14H25N3S. The molecule has 4 heteroatoms. The Balaban J connectivity index is 2.07. The van der Waals surface area contributed by atoms with Gasteiger partial charge in [-0.2, -0.15) is 0 Å². The Morgan fingerprint density at radius 3 is 2.61 bits per heavy atom. The maximum absolute atomic E-state index is 4.04. The van der Waals surface area contributed by atoms with Gasteiger partial charge in [0, 0.05) is 6.04 Å². The van der Waals surface area contributed by atoms with E-state index in [0.29, 0.717) is 6.04 Å². The van der Waals surface area contributed by atoms with Crippen molar-refractivity contribution in [2.24, 2.45) is 17.8 Å². The maximum Gasteiger partial charge on any atom is 0.0669 e. The van der Waals surface area contributed by atoms with Gasteiger partial charge in [0.15, 0.2) is 0 Å². The Morgan fingerprint density at radius 2 is 2.06 bits per heavy atom. The molecule has 3 atom stereocenters. The van der Waals surface area contributed by atoms with Crippen LogP contribution in [0, 0.1) is 17.8 Å². The lowest BCUT2D eigenvalue weighted by atomic mass is 9.73. The topological polar surface area (TPSA) is 37.8 Å². The van der Waals surface area contributed by atoms with E-state index in [9.17, 15) is 0 Å². The third kappa shape index (κ3) is 3.51. The SMILES string of the molecule is CCCNC(c1cnns1)C1CC(C)CC(C)C1. The minimum Gasteiger partial charge on any atom is -0.309 e. The molecule has 1 heterocycles. The molecule has 3 nitrogen and oxygen atoms in total. The van der Waals surface area contributed by atoms with Crippen LogP contribution in [0.2, 0.25) is 0 Å². The molecule has 1 saturated carbocycles. The summed E-state index contributed by atoms with van der Waals surface area (Å²) in [5.74, 6) is 2.45. The fourth-order valence-electron chi connectivity index (χ4n) is 3.39. The Labute approximate surface area is 115 Å². The van der Waals surface area contributed by atoms with Crippen molar-refractivity contribution in [2.75, 3.05) is 6.54 Å². The average molecular weight is 267 g/mol. The van der Waals surface area contributed by atoms with Crippen molar-refractivity contribution in [1.29, 1.82) is 0 Å². The van der Waals surface area contributed by atoms with Crippen molar-refractivity contribution >= 4 is 11.5 Å². The van der Waals surface area contributed by atoms with Gasteiger partial charge in [-0.25, -0.2) is 0 Å². The molecule has 2 rings (SSSR count). The lowest BCUT2D eigenvalue weighted by molar-refractivity contribution is 0.178. The lowest BCUT2D eigenvalue weighted by Crippen LogP contribution is -2.33. The van der Waals surface area contributed by atoms with Crippen LogP contribution >= 0.6 is 11.5 Å². The molecule has 1 N–H and O–H groups in total. The van der Waals surface area contributed by atoms with Gasteiger partial charge in [0.1, 0.15) is 0 Å². The van der Waals surface area contributed by atoms with Gasteiger partial charge >= 0.3 is 0 Å². The molecule has 1 aliphatic carbocycles. The lowest BCUT2D eigenvalue weighted by Gasteiger charge is -2.36. The number of rotatable bonds is 5. The van der Waals surface area contributed by atoms with Crippen LogP contribution in [-0.2, 0) is 0 Å². The van der Waals surface area contributed by atoms with Crippen LogP contribution in [0.1, 0.15) is 57.4 Å². The first-order valence-electron chi connectivity index (χ1n) is 7.21. The van der Waals surface area contributed by atoms with Crippen molar-refractivity contribution in [3.8, 4) is 0 Å². The molecule has 1 fully saturated rings. The van der Waals surface area contributed by atoms with Crippen molar-refractivity contribution in [3.63, 3.8) is 0 Å². The van der Waals surface area contributed by atoms with Gasteiger partial charge in [0.25, 0.3) is 0 Å². The average Bonchev–Trinajstić information content (AvgIpc) is 2.82. The normalized spacial score (nSPS) is 30.3. The van der Waals surface area contributed by atoms with E-state index in [1.807, 2.05) is 6.20 Å². The summed E-state index contributed by atoms with van der Waals surface area (Å²) in [5, 5.41) is 7.73. The number of nitrogens with one attached hydrogen (secondary N) is 1. The number of hydrogen-bond donors (Lipinski definition) is 1. The molecule has 0 amide bonds. The first kappa shape index (κ1) is 13.9. The van der Waals surface area contributed by atoms with Gasteiger partial charge in [-0.3, -0.25) is 0 Å². The molecule has 1 aromatic rings. The second-order valence-corrected chi connectivity index (χ2v) is 6.75. The van der Waals surface area contributed by atoms with Gasteiger partial charge < -0.3 is 5.32 Å². The number of aromatic nitrogens is 2. The van der Waals surface area contributed by atoms with Crippen LogP contribution < -0.4 is 5.32 Å². The van der Waals surface area contributed by atoms with E-state index in [2.05, 4.69) is 35.7 Å². The fraction of sp³-hybridized carbons (Fsp3) is 0.857. The van der Waals surface area contributed by atoms with Gasteiger partial charge in [-0.15, -0.1) is 5.10 Å². The minimum atomic E-state index is 0.468. The van der Waals surface area contributed by atoms with Gasteiger partial charge in [-0.1, -0.05) is 25.3 Å². The summed E-state index contributed by atoms with van der Waals surface area (Å²) < 4.78 is 4.04. The first-order valence-corrected chi connectivity index (χ1v) is 7.98. The fourth-order valence-corrected chi connectivity index (χ4v) is 4.06. The zero-order chi connectivity index (χ0) is 13.0. The zero-order valence-electron chi connectivity index (χ0n) is 11.7. The summed E-state index contributed by atoms with van der Waals surface area (Å²) in [7, 11) is 0. The predicted octanol–water partition coefficient (Wildman–Crippen LogP) is 3.65. The van der Waals surface area contributed by atoms with Gasteiger partial charge in [-0.05, 0) is 61.5 Å². The highest BCUT2D eigenvalue weighted by molar-refractivity contribution is 7.05. The smallest absolute Gasteiger partial charge is 0.0669 e. The van der Waals surface area contributed by atoms with E-state index in [4.69, 9.17) is 0 Å².